The maximum atomic E-state index is 10.2. The first-order chi connectivity index (χ1) is 7.18. The van der Waals surface area contributed by atoms with Gasteiger partial charge in [-0.15, -0.1) is 6.58 Å². The van der Waals surface area contributed by atoms with E-state index in [0.29, 0.717) is 5.92 Å². The first kappa shape index (κ1) is 10.4. The largest absolute Gasteiger partial charge is 0.388 e. The molecule has 0 amide bonds. The first-order valence-electron chi connectivity index (χ1n) is 5.58. The lowest BCUT2D eigenvalue weighted by atomic mass is 9.79. The van der Waals surface area contributed by atoms with Crippen molar-refractivity contribution in [1.82, 2.24) is 0 Å². The van der Waals surface area contributed by atoms with Crippen LogP contribution in [0.1, 0.15) is 37.0 Å². The molecule has 2 rings (SSSR count). The van der Waals surface area contributed by atoms with Crippen LogP contribution < -0.4 is 0 Å². The molecule has 15 heavy (non-hydrogen) atoms. The number of aliphatic hydroxyl groups excluding tert-OH is 1. The van der Waals surface area contributed by atoms with Gasteiger partial charge in [-0.2, -0.15) is 0 Å². The Balaban J connectivity index is 2.22. The van der Waals surface area contributed by atoms with Gasteiger partial charge in [0.05, 0.1) is 6.10 Å². The van der Waals surface area contributed by atoms with E-state index >= 15 is 0 Å². The third-order valence-corrected chi connectivity index (χ3v) is 3.22. The molecule has 0 bridgehead atoms. The highest BCUT2D eigenvalue weighted by atomic mass is 16.3. The van der Waals surface area contributed by atoms with Crippen molar-refractivity contribution < 1.29 is 5.11 Å². The van der Waals surface area contributed by atoms with E-state index in [9.17, 15) is 5.11 Å². The minimum atomic E-state index is -0.299. The van der Waals surface area contributed by atoms with E-state index in [4.69, 9.17) is 0 Å². The van der Waals surface area contributed by atoms with Crippen molar-refractivity contribution in [2.75, 3.05) is 0 Å². The van der Waals surface area contributed by atoms with Gasteiger partial charge in [-0.3, -0.25) is 0 Å². The summed E-state index contributed by atoms with van der Waals surface area (Å²) in [5, 5.41) is 10.2. The number of aliphatic hydroxyl groups is 1. The Kier molecular flexibility index (Phi) is 2.92. The van der Waals surface area contributed by atoms with Gasteiger partial charge in [0.15, 0.2) is 0 Å². The van der Waals surface area contributed by atoms with Gasteiger partial charge >= 0.3 is 0 Å². The number of rotatable bonds is 2. The third-order valence-electron chi connectivity index (χ3n) is 3.22. The van der Waals surface area contributed by atoms with Crippen molar-refractivity contribution in [3.8, 4) is 0 Å². The second kappa shape index (κ2) is 4.19. The highest BCUT2D eigenvalue weighted by Gasteiger charge is 2.27. The zero-order chi connectivity index (χ0) is 10.8. The Morgan fingerprint density at radius 2 is 2.20 bits per heavy atom. The predicted molar refractivity (Wildman–Crippen MR) is 62.6 cm³/mol. The van der Waals surface area contributed by atoms with E-state index in [-0.39, 0.29) is 6.10 Å². The molecular formula is C14H18O. The third kappa shape index (κ3) is 2.13. The van der Waals surface area contributed by atoms with Gasteiger partial charge in [-0.25, -0.2) is 0 Å². The quantitative estimate of drug-likeness (QED) is 0.730. The topological polar surface area (TPSA) is 20.2 Å². The molecule has 0 saturated heterocycles. The molecule has 0 spiro atoms. The van der Waals surface area contributed by atoms with Crippen LogP contribution in [0.2, 0.25) is 0 Å². The number of hydrogen-bond acceptors (Lipinski definition) is 1. The molecule has 0 heterocycles. The molecule has 0 radical (unpaired) electrons. The molecule has 1 aliphatic carbocycles. The average molecular weight is 202 g/mol. The smallest absolute Gasteiger partial charge is 0.0824 e. The van der Waals surface area contributed by atoms with Crippen LogP contribution in [0.3, 0.4) is 0 Å². The Morgan fingerprint density at radius 3 is 2.93 bits per heavy atom. The van der Waals surface area contributed by atoms with Crippen LogP contribution in [-0.4, -0.2) is 5.11 Å². The van der Waals surface area contributed by atoms with Crippen LogP contribution in [-0.2, 0) is 6.42 Å². The van der Waals surface area contributed by atoms with Crippen LogP contribution in [0.4, 0.5) is 0 Å². The summed E-state index contributed by atoms with van der Waals surface area (Å²) in [7, 11) is 0. The second-order valence-corrected chi connectivity index (χ2v) is 4.60. The van der Waals surface area contributed by atoms with Gasteiger partial charge in [0, 0.05) is 0 Å². The number of aryl methyl sites for hydroxylation is 1. The molecule has 1 aromatic rings. The van der Waals surface area contributed by atoms with Crippen molar-refractivity contribution in [3.05, 3.63) is 47.5 Å². The Bertz CT molecular complexity index is 367. The summed E-state index contributed by atoms with van der Waals surface area (Å²) in [4.78, 5) is 0. The van der Waals surface area contributed by atoms with Gasteiger partial charge in [-0.05, 0) is 43.2 Å². The second-order valence-electron chi connectivity index (χ2n) is 4.60. The monoisotopic (exact) mass is 202 g/mol. The summed E-state index contributed by atoms with van der Waals surface area (Å²) < 4.78 is 0. The van der Waals surface area contributed by atoms with Crippen LogP contribution in [0.25, 0.3) is 0 Å². The first-order valence-corrected chi connectivity index (χ1v) is 5.58. The zero-order valence-corrected chi connectivity index (χ0v) is 9.24. The SMILES string of the molecule is C=C(C)CC1CCc2ccccc2C1O. The minimum absolute atomic E-state index is 0.299. The lowest BCUT2D eigenvalue weighted by Crippen LogP contribution is -2.20. The fourth-order valence-corrected chi connectivity index (χ4v) is 2.46. The van der Waals surface area contributed by atoms with Gasteiger partial charge < -0.3 is 5.11 Å². The molecule has 1 N–H and O–H groups in total. The number of allylic oxidation sites excluding steroid dienone is 1. The molecule has 1 aromatic carbocycles. The van der Waals surface area contributed by atoms with Crippen LogP contribution in [0.5, 0.6) is 0 Å². The van der Waals surface area contributed by atoms with E-state index in [1.54, 1.807) is 0 Å². The van der Waals surface area contributed by atoms with Crippen molar-refractivity contribution >= 4 is 0 Å². The van der Waals surface area contributed by atoms with Crippen molar-refractivity contribution in [3.63, 3.8) is 0 Å². The van der Waals surface area contributed by atoms with Crippen molar-refractivity contribution in [1.29, 1.82) is 0 Å². The summed E-state index contributed by atoms with van der Waals surface area (Å²) in [5.74, 6) is 0.359. The van der Waals surface area contributed by atoms with Crippen molar-refractivity contribution in [2.24, 2.45) is 5.92 Å². The predicted octanol–water partition coefficient (Wildman–Crippen LogP) is 3.25. The van der Waals surface area contributed by atoms with Gasteiger partial charge in [0.25, 0.3) is 0 Å². The number of fused-ring (bicyclic) bond motifs is 1. The lowest BCUT2D eigenvalue weighted by Gasteiger charge is -2.30. The summed E-state index contributed by atoms with van der Waals surface area (Å²) in [6.07, 6.45) is 2.80. The number of benzene rings is 1. The summed E-state index contributed by atoms with van der Waals surface area (Å²) in [5.41, 5.74) is 3.59. The molecular weight excluding hydrogens is 184 g/mol. The molecule has 1 nitrogen and oxygen atoms in total. The van der Waals surface area contributed by atoms with Gasteiger partial charge in [0.2, 0.25) is 0 Å². The summed E-state index contributed by atoms with van der Waals surface area (Å²) in [6.45, 7) is 5.96. The summed E-state index contributed by atoms with van der Waals surface area (Å²) >= 11 is 0. The van der Waals surface area contributed by atoms with Crippen molar-refractivity contribution in [2.45, 2.75) is 32.3 Å². The molecule has 80 valence electrons. The van der Waals surface area contributed by atoms with Crippen LogP contribution in [0.15, 0.2) is 36.4 Å². The highest BCUT2D eigenvalue weighted by Crippen LogP contribution is 2.37. The summed E-state index contributed by atoms with van der Waals surface area (Å²) in [6, 6.07) is 8.22. The molecule has 1 heteroatoms. The maximum Gasteiger partial charge on any atom is 0.0824 e. The Morgan fingerprint density at radius 1 is 1.47 bits per heavy atom. The fourth-order valence-electron chi connectivity index (χ4n) is 2.46. The van der Waals surface area contributed by atoms with Crippen LogP contribution >= 0.6 is 0 Å². The van der Waals surface area contributed by atoms with E-state index in [0.717, 1.165) is 24.8 Å². The van der Waals surface area contributed by atoms with E-state index in [1.165, 1.54) is 11.1 Å². The normalized spacial score (nSPS) is 24.7. The van der Waals surface area contributed by atoms with E-state index < -0.39 is 0 Å². The molecule has 0 saturated carbocycles. The lowest BCUT2D eigenvalue weighted by molar-refractivity contribution is 0.0937. The fraction of sp³-hybridized carbons (Fsp3) is 0.429. The minimum Gasteiger partial charge on any atom is -0.388 e. The molecule has 0 fully saturated rings. The standard InChI is InChI=1S/C14H18O/c1-10(2)9-12-8-7-11-5-3-4-6-13(11)14(12)15/h3-6,12,14-15H,1,7-9H2,2H3. The molecule has 2 unspecified atom stereocenters. The average Bonchev–Trinajstić information content (AvgIpc) is 2.22. The van der Waals surface area contributed by atoms with E-state index in [2.05, 4.69) is 12.6 Å². The molecule has 1 aliphatic rings. The highest BCUT2D eigenvalue weighted by molar-refractivity contribution is 5.32. The van der Waals surface area contributed by atoms with Gasteiger partial charge in [0.1, 0.15) is 0 Å². The van der Waals surface area contributed by atoms with Gasteiger partial charge in [-0.1, -0.05) is 29.8 Å². The van der Waals surface area contributed by atoms with E-state index in [1.807, 2.05) is 25.1 Å². The van der Waals surface area contributed by atoms with Crippen LogP contribution in [0, 0.1) is 5.92 Å². The zero-order valence-electron chi connectivity index (χ0n) is 9.24. The Hall–Kier alpha value is -1.08. The number of hydrogen-bond donors (Lipinski definition) is 1. The Labute approximate surface area is 91.4 Å². The maximum absolute atomic E-state index is 10.2. The molecule has 0 aromatic heterocycles. The molecule has 2 atom stereocenters. The molecule has 0 aliphatic heterocycles.